The summed E-state index contributed by atoms with van der Waals surface area (Å²) >= 11 is 6.16. The van der Waals surface area contributed by atoms with Gasteiger partial charge in [0, 0.05) is 6.54 Å². The van der Waals surface area contributed by atoms with Crippen molar-refractivity contribution in [2.45, 2.75) is 13.0 Å². The summed E-state index contributed by atoms with van der Waals surface area (Å²) in [6.07, 6.45) is 1.12. The highest BCUT2D eigenvalue weighted by Crippen LogP contribution is 2.35. The maximum atomic E-state index is 6.16. The molecule has 5 heteroatoms. The van der Waals surface area contributed by atoms with Gasteiger partial charge in [-0.05, 0) is 51.3 Å². The van der Waals surface area contributed by atoms with Gasteiger partial charge in [-0.15, -0.1) is 0 Å². The van der Waals surface area contributed by atoms with E-state index in [-0.39, 0.29) is 0 Å². The van der Waals surface area contributed by atoms with Gasteiger partial charge in [-0.2, -0.15) is 0 Å². The van der Waals surface area contributed by atoms with E-state index in [1.165, 1.54) is 0 Å². The number of hydrogen-bond donors (Lipinski definition) is 1. The third kappa shape index (κ3) is 5.27. The van der Waals surface area contributed by atoms with E-state index < -0.39 is 0 Å². The molecule has 0 radical (unpaired) electrons. The van der Waals surface area contributed by atoms with Crippen LogP contribution < -0.4 is 14.8 Å². The molecule has 4 nitrogen and oxygen atoms in total. The Hall–Kier alpha value is -0.970. The quantitative estimate of drug-likeness (QED) is 0.744. The third-order valence-electron chi connectivity index (χ3n) is 2.78. The maximum Gasteiger partial charge on any atom is 0.179 e. The Morgan fingerprint density at radius 1 is 1.21 bits per heavy atom. The Morgan fingerprint density at radius 2 is 1.95 bits per heavy atom. The van der Waals surface area contributed by atoms with Crippen molar-refractivity contribution in [1.82, 2.24) is 10.2 Å². The average molecular weight is 287 g/mol. The lowest BCUT2D eigenvalue weighted by Crippen LogP contribution is -2.21. The van der Waals surface area contributed by atoms with Gasteiger partial charge in [-0.3, -0.25) is 0 Å². The number of hydrogen-bond acceptors (Lipinski definition) is 4. The lowest BCUT2D eigenvalue weighted by atomic mass is 10.2. The standard InChI is InChI=1S/C14H23ClN2O2/c1-17(2)7-5-6-16-10-11-8-12(15)14(19-4)13(9-11)18-3/h8-9,16H,5-7,10H2,1-4H3. The van der Waals surface area contributed by atoms with Crippen molar-refractivity contribution in [2.24, 2.45) is 0 Å². The van der Waals surface area contributed by atoms with Gasteiger partial charge in [0.2, 0.25) is 0 Å². The predicted molar refractivity (Wildman–Crippen MR) is 79.4 cm³/mol. The fraction of sp³-hybridized carbons (Fsp3) is 0.571. The molecule has 0 saturated heterocycles. The van der Waals surface area contributed by atoms with Crippen molar-refractivity contribution in [3.05, 3.63) is 22.7 Å². The topological polar surface area (TPSA) is 33.7 Å². The Labute approximate surface area is 120 Å². The summed E-state index contributed by atoms with van der Waals surface area (Å²) in [6.45, 7) is 2.83. The second-order valence-electron chi connectivity index (χ2n) is 4.65. The first-order valence-electron chi connectivity index (χ1n) is 6.34. The number of benzene rings is 1. The molecule has 0 amide bonds. The second-order valence-corrected chi connectivity index (χ2v) is 5.05. The van der Waals surface area contributed by atoms with Crippen LogP contribution in [-0.4, -0.2) is 46.3 Å². The number of rotatable bonds is 8. The van der Waals surface area contributed by atoms with Crippen molar-refractivity contribution in [1.29, 1.82) is 0 Å². The SMILES string of the molecule is COc1cc(CNCCCN(C)C)cc(Cl)c1OC. The van der Waals surface area contributed by atoms with Gasteiger partial charge in [0.25, 0.3) is 0 Å². The van der Waals surface area contributed by atoms with Gasteiger partial charge in [-0.25, -0.2) is 0 Å². The van der Waals surface area contributed by atoms with E-state index >= 15 is 0 Å². The molecular weight excluding hydrogens is 264 g/mol. The highest BCUT2D eigenvalue weighted by atomic mass is 35.5. The predicted octanol–water partition coefficient (Wildman–Crippen LogP) is 2.40. The molecule has 0 aliphatic rings. The van der Waals surface area contributed by atoms with Gasteiger partial charge >= 0.3 is 0 Å². The van der Waals surface area contributed by atoms with Crippen LogP contribution in [0.5, 0.6) is 11.5 Å². The van der Waals surface area contributed by atoms with Crippen LogP contribution in [0, 0.1) is 0 Å². The molecule has 1 aromatic carbocycles. The molecule has 0 aliphatic carbocycles. The molecule has 0 saturated carbocycles. The Balaban J connectivity index is 2.52. The fourth-order valence-corrected chi connectivity index (χ4v) is 2.14. The zero-order valence-electron chi connectivity index (χ0n) is 12.1. The lowest BCUT2D eigenvalue weighted by Gasteiger charge is -2.13. The fourth-order valence-electron chi connectivity index (χ4n) is 1.83. The summed E-state index contributed by atoms with van der Waals surface area (Å²) in [5.41, 5.74) is 1.09. The van der Waals surface area contributed by atoms with Crippen molar-refractivity contribution >= 4 is 11.6 Å². The van der Waals surface area contributed by atoms with Crippen LogP contribution in [0.2, 0.25) is 5.02 Å². The molecule has 0 fully saturated rings. The summed E-state index contributed by atoms with van der Waals surface area (Å²) in [5, 5.41) is 3.97. The molecule has 0 heterocycles. The zero-order chi connectivity index (χ0) is 14.3. The maximum absolute atomic E-state index is 6.16. The smallest absolute Gasteiger partial charge is 0.179 e. The number of nitrogens with one attached hydrogen (secondary N) is 1. The monoisotopic (exact) mass is 286 g/mol. The normalized spacial score (nSPS) is 10.8. The van der Waals surface area contributed by atoms with Crippen LogP contribution in [0.25, 0.3) is 0 Å². The minimum atomic E-state index is 0.576. The average Bonchev–Trinajstić information content (AvgIpc) is 2.37. The van der Waals surface area contributed by atoms with Gasteiger partial charge in [-0.1, -0.05) is 11.6 Å². The Bertz CT molecular complexity index is 397. The number of halogens is 1. The van der Waals surface area contributed by atoms with E-state index in [0.717, 1.165) is 31.6 Å². The molecule has 0 spiro atoms. The first-order valence-corrected chi connectivity index (χ1v) is 6.72. The van der Waals surface area contributed by atoms with Crippen LogP contribution in [0.15, 0.2) is 12.1 Å². The van der Waals surface area contributed by atoms with Crippen molar-refractivity contribution in [3.63, 3.8) is 0 Å². The summed E-state index contributed by atoms with van der Waals surface area (Å²) in [7, 11) is 7.35. The van der Waals surface area contributed by atoms with Crippen molar-refractivity contribution < 1.29 is 9.47 Å². The number of ether oxygens (including phenoxy) is 2. The summed E-state index contributed by atoms with van der Waals surface area (Å²) in [5.74, 6) is 1.25. The van der Waals surface area contributed by atoms with Crippen molar-refractivity contribution in [2.75, 3.05) is 41.4 Å². The highest BCUT2D eigenvalue weighted by Gasteiger charge is 2.10. The van der Waals surface area contributed by atoms with Crippen molar-refractivity contribution in [3.8, 4) is 11.5 Å². The molecule has 0 unspecified atom stereocenters. The summed E-state index contributed by atoms with van der Waals surface area (Å²) in [6, 6.07) is 3.85. The molecule has 1 rings (SSSR count). The molecule has 0 aliphatic heterocycles. The van der Waals surface area contributed by atoms with Crippen LogP contribution in [-0.2, 0) is 6.54 Å². The van der Waals surface area contributed by atoms with E-state index in [9.17, 15) is 0 Å². The Morgan fingerprint density at radius 3 is 2.53 bits per heavy atom. The first-order chi connectivity index (χ1) is 9.08. The number of nitrogens with zero attached hydrogens (tertiary/aromatic N) is 1. The van der Waals surface area contributed by atoms with Crippen LogP contribution in [0.1, 0.15) is 12.0 Å². The van der Waals surface area contributed by atoms with Crippen LogP contribution in [0.4, 0.5) is 0 Å². The van der Waals surface area contributed by atoms with E-state index in [1.807, 2.05) is 12.1 Å². The largest absolute Gasteiger partial charge is 0.493 e. The van der Waals surface area contributed by atoms with Gasteiger partial charge in [0.05, 0.1) is 19.2 Å². The van der Waals surface area contributed by atoms with Gasteiger partial charge in [0.15, 0.2) is 11.5 Å². The molecule has 1 N–H and O–H groups in total. The van der Waals surface area contributed by atoms with E-state index in [1.54, 1.807) is 14.2 Å². The summed E-state index contributed by atoms with van der Waals surface area (Å²) < 4.78 is 10.5. The Kier molecular flexibility index (Phi) is 6.99. The lowest BCUT2D eigenvalue weighted by molar-refractivity contribution is 0.354. The van der Waals surface area contributed by atoms with E-state index in [0.29, 0.717) is 16.5 Å². The first kappa shape index (κ1) is 16.1. The molecule has 0 aromatic heterocycles. The van der Waals surface area contributed by atoms with Gasteiger partial charge in [0.1, 0.15) is 0 Å². The molecule has 0 atom stereocenters. The molecular formula is C14H23ClN2O2. The molecule has 19 heavy (non-hydrogen) atoms. The van der Waals surface area contributed by atoms with Crippen LogP contribution >= 0.6 is 11.6 Å². The molecule has 108 valence electrons. The van der Waals surface area contributed by atoms with E-state index in [2.05, 4.69) is 24.3 Å². The molecule has 1 aromatic rings. The van der Waals surface area contributed by atoms with E-state index in [4.69, 9.17) is 21.1 Å². The van der Waals surface area contributed by atoms with Gasteiger partial charge < -0.3 is 19.7 Å². The zero-order valence-corrected chi connectivity index (χ0v) is 12.9. The number of methoxy groups -OCH3 is 2. The van der Waals surface area contributed by atoms with Crippen LogP contribution in [0.3, 0.4) is 0 Å². The summed E-state index contributed by atoms with van der Waals surface area (Å²) in [4.78, 5) is 2.18. The highest BCUT2D eigenvalue weighted by molar-refractivity contribution is 6.32. The molecule has 0 bridgehead atoms. The second kappa shape index (κ2) is 8.25. The minimum Gasteiger partial charge on any atom is -0.493 e. The third-order valence-corrected chi connectivity index (χ3v) is 3.06. The minimum absolute atomic E-state index is 0.576.